The van der Waals surface area contributed by atoms with Gasteiger partial charge in [-0.2, -0.15) is 0 Å². The second-order valence-electron chi connectivity index (χ2n) is 33.3. The maximum absolute atomic E-state index is 6.05. The fourth-order valence-corrected chi connectivity index (χ4v) is 21.7. The molecule has 3 aliphatic rings. The molecular weight excluding hydrogens is 2030 g/mol. The highest BCUT2D eigenvalue weighted by molar-refractivity contribution is 14.1. The number of rotatable bonds is 45. The van der Waals surface area contributed by atoms with Crippen molar-refractivity contribution in [2.24, 2.45) is 0 Å². The van der Waals surface area contributed by atoms with Crippen molar-refractivity contribution in [3.8, 4) is 33.4 Å². The molecule has 12 rings (SSSR count). The summed E-state index contributed by atoms with van der Waals surface area (Å²) < 4.78 is 8.28. The van der Waals surface area contributed by atoms with E-state index >= 15 is 0 Å². The maximum Gasteiger partial charge on any atom is 0.0778 e. The van der Waals surface area contributed by atoms with E-state index < -0.39 is 0 Å². The predicted octanol–water partition coefficient (Wildman–Crippen LogP) is 38.3. The molecule has 0 fully saturated rings. The molecule has 0 heterocycles. The van der Waals surface area contributed by atoms with Gasteiger partial charge in [0.25, 0.3) is 0 Å². The van der Waals surface area contributed by atoms with Crippen LogP contribution >= 0.6 is 157 Å². The van der Waals surface area contributed by atoms with Crippen molar-refractivity contribution < 1.29 is 0 Å². The number of unbranched alkanes of at least 4 members (excludes halogenated alkanes) is 24. The predicted molar refractivity (Wildman–Crippen MR) is 544 cm³/mol. The van der Waals surface area contributed by atoms with Gasteiger partial charge in [-0.15, -0.1) is 23.2 Å². The van der Waals surface area contributed by atoms with Gasteiger partial charge in [0.05, 0.1) is 4.79 Å². The molecule has 0 bridgehead atoms. The van der Waals surface area contributed by atoms with E-state index in [1.165, 1.54) is 366 Å². The number of fused-ring (bicyclic) bond motifs is 9. The van der Waals surface area contributed by atoms with Crippen LogP contribution in [0.2, 0.25) is 0 Å². The molecule has 0 radical (unpaired) electrons. The summed E-state index contributed by atoms with van der Waals surface area (Å²) in [5, 5.41) is 0. The van der Waals surface area contributed by atoms with Crippen LogP contribution in [0.1, 0.15) is 349 Å². The monoisotopic (exact) mass is 2150 g/mol. The molecule has 0 aliphatic heterocycles. The van der Waals surface area contributed by atoms with Gasteiger partial charge in [-0.1, -0.05) is 421 Å². The zero-order chi connectivity index (χ0) is 82.7. The van der Waals surface area contributed by atoms with Crippen molar-refractivity contribution in [3.63, 3.8) is 0 Å². The molecule has 0 N–H and O–H groups in total. The second kappa shape index (κ2) is 52.4. The molecule has 0 amide bonds. The Balaban J connectivity index is 0.000000196. The van der Waals surface area contributed by atoms with Gasteiger partial charge in [-0.05, 0) is 297 Å². The lowest BCUT2D eigenvalue weighted by Gasteiger charge is -2.34. The zero-order valence-corrected chi connectivity index (χ0v) is 85.6. The third-order valence-electron chi connectivity index (χ3n) is 24.6. The fourth-order valence-electron chi connectivity index (χ4n) is 18.8. The summed E-state index contributed by atoms with van der Waals surface area (Å²) in [6.45, 7) is 13.8. The minimum atomic E-state index is -0.142. The molecule has 3 aliphatic carbocycles. The summed E-state index contributed by atoms with van der Waals surface area (Å²) in [7, 11) is 0. The Bertz CT molecular complexity index is 4020. The molecular formula is C106H132Br7Cl2I. The molecule has 0 saturated carbocycles. The first-order valence-corrected chi connectivity index (χ1v) is 53.5. The van der Waals surface area contributed by atoms with E-state index in [4.69, 9.17) is 23.2 Å². The Morgan fingerprint density at radius 3 is 0.784 bits per heavy atom. The first-order valence-electron chi connectivity index (χ1n) is 45.0. The lowest BCUT2D eigenvalue weighted by molar-refractivity contribution is 0.514. The average Bonchev–Trinajstić information content (AvgIpc) is 1.55. The van der Waals surface area contributed by atoms with E-state index in [-0.39, 0.29) is 10.8 Å². The molecule has 9 aromatic rings. The van der Waals surface area contributed by atoms with Gasteiger partial charge < -0.3 is 0 Å². The first-order chi connectivity index (χ1) is 56.6. The standard InChI is InChI=1S/C37H47Br2Cl.C37H47Br2I.C31H36Br2.CH2BrCl/c2*1-3-5-7-11-15-28-23-29(16-12-8-6-4-2)25-30(24-28)37(21-13-9-10-14-22-40)35-26-31(38)17-19-33(35)34-20-18-32(39)27-36(34)37;1-3-5-7-9-11-22-17-23(12-10-8-6-4-2)19-24(18-22)31-29-20-25(32)13-15-27(29)28-16-14-26(33)21-30(28)31;2-1-3/h2*17-20,23-27H,3-16,21-22H2,1-2H3;13-21,31H,3-12H2,1-2H3;1H2. The summed E-state index contributed by atoms with van der Waals surface area (Å²) >= 11 is 39.3. The van der Waals surface area contributed by atoms with E-state index in [9.17, 15) is 0 Å². The number of halogens is 10. The molecule has 0 aromatic heterocycles. The third kappa shape index (κ3) is 27.3. The molecule has 0 unspecified atom stereocenters. The van der Waals surface area contributed by atoms with Gasteiger partial charge in [0, 0.05) is 49.5 Å². The van der Waals surface area contributed by atoms with Crippen molar-refractivity contribution in [1.82, 2.24) is 0 Å². The lowest BCUT2D eigenvalue weighted by atomic mass is 9.68. The fraction of sp³-hybridized carbons (Fsp3) is 0.491. The highest BCUT2D eigenvalue weighted by Gasteiger charge is 2.47. The smallest absolute Gasteiger partial charge is 0.0778 e. The topological polar surface area (TPSA) is 0 Å². The van der Waals surface area contributed by atoms with Crippen LogP contribution in [0.4, 0.5) is 0 Å². The Hall–Kier alpha value is -2.35. The summed E-state index contributed by atoms with van der Waals surface area (Å²) in [5.41, 5.74) is 30.6. The van der Waals surface area contributed by atoms with Crippen LogP contribution in [0.5, 0.6) is 0 Å². The summed E-state index contributed by atoms with van der Waals surface area (Å²) in [4.78, 5) is 0.535. The normalized spacial score (nSPS) is 13.0. The first kappa shape index (κ1) is 97.5. The van der Waals surface area contributed by atoms with E-state index in [0.717, 1.165) is 34.1 Å². The number of hydrogen-bond acceptors (Lipinski definition) is 0. The molecule has 9 aromatic carbocycles. The number of hydrogen-bond donors (Lipinski definition) is 0. The van der Waals surface area contributed by atoms with Crippen LogP contribution in [0.15, 0.2) is 191 Å². The van der Waals surface area contributed by atoms with Crippen molar-refractivity contribution in [1.29, 1.82) is 0 Å². The molecule has 0 saturated heterocycles. The average molecular weight is 2160 g/mol. The number of benzene rings is 9. The molecule has 0 atom stereocenters. The molecule has 116 heavy (non-hydrogen) atoms. The Morgan fingerprint density at radius 2 is 0.517 bits per heavy atom. The molecule has 626 valence electrons. The van der Waals surface area contributed by atoms with E-state index in [1.54, 1.807) is 11.1 Å². The largest absolute Gasteiger partial charge is 0.127 e. The van der Waals surface area contributed by atoms with Gasteiger partial charge in [-0.3, -0.25) is 0 Å². The quantitative estimate of drug-likeness (QED) is 0.0203. The van der Waals surface area contributed by atoms with Gasteiger partial charge in [0.15, 0.2) is 0 Å². The lowest BCUT2D eigenvalue weighted by Crippen LogP contribution is -2.27. The third-order valence-corrected chi connectivity index (χ3v) is 28.6. The van der Waals surface area contributed by atoms with Gasteiger partial charge in [0.2, 0.25) is 0 Å². The van der Waals surface area contributed by atoms with Gasteiger partial charge >= 0.3 is 0 Å². The van der Waals surface area contributed by atoms with E-state index in [2.05, 4.69) is 339 Å². The zero-order valence-electron chi connectivity index (χ0n) is 70.9. The van der Waals surface area contributed by atoms with Crippen LogP contribution in [-0.2, 0) is 49.4 Å². The van der Waals surface area contributed by atoms with Crippen molar-refractivity contribution >= 4 is 157 Å². The van der Waals surface area contributed by atoms with Crippen molar-refractivity contribution in [2.45, 2.75) is 315 Å². The molecule has 0 nitrogen and oxygen atoms in total. The molecule has 10 heteroatoms. The van der Waals surface area contributed by atoms with E-state index in [0.29, 0.717) is 10.7 Å². The maximum atomic E-state index is 6.05. The Morgan fingerprint density at radius 1 is 0.276 bits per heavy atom. The van der Waals surface area contributed by atoms with Crippen LogP contribution < -0.4 is 0 Å². The van der Waals surface area contributed by atoms with Crippen molar-refractivity contribution in [2.75, 3.05) is 15.1 Å². The Kier molecular flexibility index (Phi) is 44.1. The van der Waals surface area contributed by atoms with Crippen LogP contribution in [0.25, 0.3) is 33.4 Å². The summed E-state index contributed by atoms with van der Waals surface area (Å²) in [6.07, 6.45) is 50.8. The molecule has 0 spiro atoms. The summed E-state index contributed by atoms with van der Waals surface area (Å²) in [5.74, 6) is 1.06. The van der Waals surface area contributed by atoms with Crippen LogP contribution in [-0.4, -0.2) is 15.1 Å². The van der Waals surface area contributed by atoms with Crippen LogP contribution in [0.3, 0.4) is 0 Å². The number of aryl methyl sites for hydroxylation is 6. The minimum absolute atomic E-state index is 0.111. The number of alkyl halides is 4. The van der Waals surface area contributed by atoms with Gasteiger partial charge in [0.1, 0.15) is 0 Å². The summed E-state index contributed by atoms with van der Waals surface area (Å²) in [6, 6.07) is 64.5. The SMILES string of the molecule is CCCCCCc1cc(CCCCCC)cc(C2(CCCCCCCl)c3cc(Br)ccc3-c3ccc(Br)cc32)c1.CCCCCCc1cc(CCCCCC)cc(C2(CCCCCCI)c3cc(Br)ccc3-c3ccc(Br)cc32)c1.CCCCCCc1cc(CCCCCC)cc(C2c3cc(Br)ccc3-c3ccc(Br)cc32)c1.ClCBr. The Labute approximate surface area is 786 Å². The van der Waals surface area contributed by atoms with Crippen molar-refractivity contribution in [3.05, 3.63) is 274 Å². The minimum Gasteiger partial charge on any atom is -0.127 e. The van der Waals surface area contributed by atoms with E-state index in [1.807, 2.05) is 0 Å². The second-order valence-corrected chi connectivity index (χ2v) is 41.7. The van der Waals surface area contributed by atoms with Crippen LogP contribution in [0, 0.1) is 0 Å². The van der Waals surface area contributed by atoms with Gasteiger partial charge in [-0.25, -0.2) is 0 Å². The highest BCUT2D eigenvalue weighted by atomic mass is 127. The highest BCUT2D eigenvalue weighted by Crippen LogP contribution is 2.59.